The van der Waals surface area contributed by atoms with Crippen LogP contribution in [-0.2, 0) is 4.74 Å². The quantitative estimate of drug-likeness (QED) is 0.822. The first kappa shape index (κ1) is 14.8. The molecular formula is C13H14BFN2O2S. The Labute approximate surface area is 121 Å². The Bertz CT molecular complexity index is 679. The number of halogens is 1. The van der Waals surface area contributed by atoms with Crippen LogP contribution in [0, 0.1) is 12.7 Å². The number of benzene rings is 1. The van der Waals surface area contributed by atoms with Gasteiger partial charge in [-0.15, -0.1) is 0 Å². The van der Waals surface area contributed by atoms with Gasteiger partial charge in [0.25, 0.3) is 0 Å². The van der Waals surface area contributed by atoms with Crippen LogP contribution in [0.5, 0.6) is 0 Å². The molecule has 2 rings (SSSR count). The number of aromatic nitrogens is 1. The number of thiazole rings is 1. The van der Waals surface area contributed by atoms with E-state index in [1.165, 1.54) is 11.3 Å². The molecule has 1 aromatic carbocycles. The molecule has 0 unspecified atom stereocenters. The molecule has 104 valence electrons. The third kappa shape index (κ3) is 3.09. The summed E-state index contributed by atoms with van der Waals surface area (Å²) in [7, 11) is 5.69. The number of nitrogens with zero attached hydrogens (tertiary/aromatic N) is 1. The monoisotopic (exact) mass is 292 g/mol. The second kappa shape index (κ2) is 5.05. The minimum Gasteiger partial charge on any atom is -0.444 e. The predicted octanol–water partition coefficient (Wildman–Crippen LogP) is 2.88. The summed E-state index contributed by atoms with van der Waals surface area (Å²) in [5.74, 6) is -0.480. The molecule has 0 aliphatic rings. The lowest BCUT2D eigenvalue weighted by Crippen LogP contribution is -2.27. The molecule has 0 fully saturated rings. The highest BCUT2D eigenvalue weighted by molar-refractivity contribution is 7.22. The third-order valence-electron chi connectivity index (χ3n) is 2.45. The van der Waals surface area contributed by atoms with Crippen LogP contribution in [0.1, 0.15) is 26.3 Å². The summed E-state index contributed by atoms with van der Waals surface area (Å²) in [5.41, 5.74) is 0.197. The van der Waals surface area contributed by atoms with Gasteiger partial charge >= 0.3 is 6.09 Å². The smallest absolute Gasteiger partial charge is 0.413 e. The Hall–Kier alpha value is -1.63. The van der Waals surface area contributed by atoms with Crippen molar-refractivity contribution in [2.24, 2.45) is 0 Å². The Balaban J connectivity index is 2.29. The summed E-state index contributed by atoms with van der Waals surface area (Å²) >= 11 is 1.22. The molecule has 1 amide bonds. The molecule has 20 heavy (non-hydrogen) atoms. The fourth-order valence-corrected chi connectivity index (χ4v) is 2.61. The largest absolute Gasteiger partial charge is 0.444 e. The van der Waals surface area contributed by atoms with Crippen molar-refractivity contribution in [3.63, 3.8) is 0 Å². The van der Waals surface area contributed by atoms with E-state index >= 15 is 0 Å². The van der Waals surface area contributed by atoms with Gasteiger partial charge in [0.1, 0.15) is 19.3 Å². The first-order valence-electron chi connectivity index (χ1n) is 6.02. The van der Waals surface area contributed by atoms with Crippen LogP contribution < -0.4 is 10.8 Å². The van der Waals surface area contributed by atoms with Gasteiger partial charge in [0, 0.05) is 0 Å². The van der Waals surface area contributed by atoms with Crippen LogP contribution >= 0.6 is 11.3 Å². The molecule has 0 saturated heterocycles. The van der Waals surface area contributed by atoms with E-state index in [0.29, 0.717) is 20.9 Å². The Morgan fingerprint density at radius 1 is 1.50 bits per heavy atom. The van der Waals surface area contributed by atoms with Crippen molar-refractivity contribution in [1.82, 2.24) is 4.98 Å². The Morgan fingerprint density at radius 3 is 2.75 bits per heavy atom. The molecule has 0 spiro atoms. The average molecular weight is 292 g/mol. The number of hydrogen-bond acceptors (Lipinski definition) is 4. The van der Waals surface area contributed by atoms with E-state index in [4.69, 9.17) is 12.6 Å². The normalized spacial score (nSPS) is 11.7. The van der Waals surface area contributed by atoms with Crippen molar-refractivity contribution < 1.29 is 13.9 Å². The molecule has 0 atom stereocenters. The number of aryl methyl sites for hydroxylation is 1. The molecule has 1 heterocycles. The molecule has 0 aliphatic heterocycles. The fraction of sp³-hybridized carbons (Fsp3) is 0.385. The first-order chi connectivity index (χ1) is 9.17. The molecule has 7 heteroatoms. The van der Waals surface area contributed by atoms with Crippen molar-refractivity contribution >= 4 is 46.1 Å². The topological polar surface area (TPSA) is 51.2 Å². The number of anilines is 1. The van der Waals surface area contributed by atoms with Crippen LogP contribution in [0.4, 0.5) is 14.3 Å². The number of carbonyl (C=O) groups excluding carboxylic acids is 1. The lowest BCUT2D eigenvalue weighted by atomic mass is 9.92. The number of fused-ring (bicyclic) bond motifs is 1. The molecule has 0 saturated carbocycles. The van der Waals surface area contributed by atoms with Gasteiger partial charge in [-0.2, -0.15) is 0 Å². The number of amides is 1. The van der Waals surface area contributed by atoms with Gasteiger partial charge < -0.3 is 4.74 Å². The summed E-state index contributed by atoms with van der Waals surface area (Å²) in [6.45, 7) is 6.93. The van der Waals surface area contributed by atoms with Gasteiger partial charge in [0.05, 0.1) is 10.2 Å². The van der Waals surface area contributed by atoms with E-state index in [1.807, 2.05) is 0 Å². The molecule has 2 radical (unpaired) electrons. The van der Waals surface area contributed by atoms with Crippen LogP contribution in [0.15, 0.2) is 6.07 Å². The maximum atomic E-state index is 13.7. The molecule has 0 aliphatic carbocycles. The van der Waals surface area contributed by atoms with E-state index in [1.54, 1.807) is 33.8 Å². The summed E-state index contributed by atoms with van der Waals surface area (Å²) in [6.07, 6.45) is -0.604. The summed E-state index contributed by atoms with van der Waals surface area (Å²) in [4.78, 5) is 15.8. The number of carbonyl (C=O) groups is 1. The Kier molecular flexibility index (Phi) is 3.73. The maximum absolute atomic E-state index is 13.7. The van der Waals surface area contributed by atoms with Gasteiger partial charge in [0.2, 0.25) is 0 Å². The second-order valence-electron chi connectivity index (χ2n) is 5.41. The average Bonchev–Trinajstić information content (AvgIpc) is 2.66. The molecule has 2 aromatic rings. The molecule has 1 N–H and O–H groups in total. The molecule has 1 aromatic heterocycles. The second-order valence-corrected chi connectivity index (χ2v) is 6.44. The van der Waals surface area contributed by atoms with Gasteiger partial charge in [-0.1, -0.05) is 11.3 Å². The summed E-state index contributed by atoms with van der Waals surface area (Å²) in [5, 5.41) is 2.85. The van der Waals surface area contributed by atoms with Crippen LogP contribution in [-0.4, -0.2) is 24.5 Å². The highest BCUT2D eigenvalue weighted by Crippen LogP contribution is 2.27. The van der Waals surface area contributed by atoms with E-state index in [2.05, 4.69) is 10.3 Å². The van der Waals surface area contributed by atoms with E-state index in [9.17, 15) is 9.18 Å². The fourth-order valence-electron chi connectivity index (χ4n) is 1.64. The van der Waals surface area contributed by atoms with E-state index in [-0.39, 0.29) is 5.46 Å². The highest BCUT2D eigenvalue weighted by Gasteiger charge is 2.18. The molecular weight excluding hydrogens is 278 g/mol. The number of rotatable bonds is 1. The SMILES string of the molecule is [B]c1c(F)c(C)cc2sc(NC(=O)OC(C)(C)C)nc12. The first-order valence-corrected chi connectivity index (χ1v) is 6.84. The van der Waals surface area contributed by atoms with Crippen molar-refractivity contribution in [3.05, 3.63) is 17.4 Å². The van der Waals surface area contributed by atoms with Crippen molar-refractivity contribution in [2.75, 3.05) is 5.32 Å². The number of ether oxygens (including phenoxy) is 1. The number of hydrogen-bond donors (Lipinski definition) is 1. The minimum absolute atomic E-state index is 0.00603. The lowest BCUT2D eigenvalue weighted by Gasteiger charge is -2.18. The van der Waals surface area contributed by atoms with Crippen molar-refractivity contribution in [2.45, 2.75) is 33.3 Å². The zero-order valence-electron chi connectivity index (χ0n) is 11.7. The zero-order valence-corrected chi connectivity index (χ0v) is 12.5. The minimum atomic E-state index is -0.604. The third-order valence-corrected chi connectivity index (χ3v) is 3.36. The Morgan fingerprint density at radius 2 is 2.15 bits per heavy atom. The van der Waals surface area contributed by atoms with Crippen molar-refractivity contribution in [3.8, 4) is 0 Å². The van der Waals surface area contributed by atoms with Crippen LogP contribution in [0.25, 0.3) is 10.2 Å². The highest BCUT2D eigenvalue weighted by atomic mass is 32.1. The van der Waals surface area contributed by atoms with Gasteiger partial charge in [-0.3, -0.25) is 5.32 Å². The summed E-state index contributed by atoms with van der Waals surface area (Å²) in [6, 6.07) is 1.65. The molecule has 4 nitrogen and oxygen atoms in total. The lowest BCUT2D eigenvalue weighted by molar-refractivity contribution is 0.0636. The van der Waals surface area contributed by atoms with Gasteiger partial charge in [-0.25, -0.2) is 14.2 Å². The van der Waals surface area contributed by atoms with Crippen molar-refractivity contribution in [1.29, 1.82) is 0 Å². The summed E-state index contributed by atoms with van der Waals surface area (Å²) < 4.78 is 19.5. The van der Waals surface area contributed by atoms with E-state index < -0.39 is 17.5 Å². The zero-order chi connectivity index (χ0) is 15.1. The van der Waals surface area contributed by atoms with Gasteiger partial charge in [0.15, 0.2) is 5.13 Å². The number of nitrogens with one attached hydrogen (secondary N) is 1. The molecule has 0 bridgehead atoms. The van der Waals surface area contributed by atoms with Gasteiger partial charge in [-0.05, 0) is 44.8 Å². The predicted molar refractivity (Wildman–Crippen MR) is 79.6 cm³/mol. The standard InChI is InChI=1S/C13H14BFN2O2S/c1-6-5-7-10(8(14)9(6)15)16-11(20-7)17-12(18)19-13(2,3)4/h5H,1-4H3,(H,16,17,18). The maximum Gasteiger partial charge on any atom is 0.413 e. The van der Waals surface area contributed by atoms with E-state index in [0.717, 1.165) is 0 Å². The van der Waals surface area contributed by atoms with Crippen LogP contribution in [0.3, 0.4) is 0 Å². The van der Waals surface area contributed by atoms with Crippen LogP contribution in [0.2, 0.25) is 0 Å².